The van der Waals surface area contributed by atoms with E-state index in [1.54, 1.807) is 11.8 Å². The summed E-state index contributed by atoms with van der Waals surface area (Å²) in [4.78, 5) is 84.1. The van der Waals surface area contributed by atoms with Crippen LogP contribution in [0.2, 0.25) is 0 Å². The number of ether oxygens (including phenoxy) is 1. The van der Waals surface area contributed by atoms with Crippen molar-refractivity contribution in [2.24, 2.45) is 27.7 Å². The Kier molecular flexibility index (Phi) is 14.0. The van der Waals surface area contributed by atoms with Gasteiger partial charge >= 0.3 is 18.0 Å². The van der Waals surface area contributed by atoms with Crippen molar-refractivity contribution in [3.63, 3.8) is 0 Å². The first-order valence-corrected chi connectivity index (χ1v) is 17.8. The average Bonchev–Trinajstić information content (AvgIpc) is 3.46. The quantitative estimate of drug-likeness (QED) is 0.160. The maximum absolute atomic E-state index is 14.6. The summed E-state index contributed by atoms with van der Waals surface area (Å²) in [6, 6.07) is -3.94. The molecule has 6 amide bonds. The summed E-state index contributed by atoms with van der Waals surface area (Å²) in [5, 5.41) is 11.3. The summed E-state index contributed by atoms with van der Waals surface area (Å²) in [5.74, 6) is -2.35. The van der Waals surface area contributed by atoms with Crippen LogP contribution in [0.3, 0.4) is 0 Å². The molecular formula is C35H58N6O7. The van der Waals surface area contributed by atoms with Gasteiger partial charge in [-0.3, -0.25) is 19.2 Å². The van der Waals surface area contributed by atoms with Crippen molar-refractivity contribution >= 4 is 42.3 Å². The van der Waals surface area contributed by atoms with Crippen LogP contribution >= 0.6 is 0 Å². The molecule has 1 saturated heterocycles. The topological polar surface area (TPSA) is 175 Å². The van der Waals surface area contributed by atoms with Crippen molar-refractivity contribution in [2.45, 2.75) is 136 Å². The van der Waals surface area contributed by atoms with Gasteiger partial charge in [-0.1, -0.05) is 79.6 Å². The average molecular weight is 675 g/mol. The van der Waals surface area contributed by atoms with Crippen LogP contribution in [0.1, 0.15) is 112 Å². The number of carbonyl (C=O) groups excluding carboxylic acids is 6. The standard InChI is InChI=1S/C35H58N6O7/c1-8-22-19-25(29(43)38-24(18-23-14-13-15-23)27(42)30(44)36-7)41(20-22)31(45)28(35(6)16-11-10-12-17-35)40-32(46)39-26(34(3,4)5)21-48-33(47)37-9-2/h22-26,28H,7-21H2,1-6H3,(H,37,47)(H,38,43)(H2,39,40,46)/t22-,24?,25+,26?,28?/m1/s1. The van der Waals surface area contributed by atoms with Gasteiger partial charge in [0.15, 0.2) is 0 Å². The minimum Gasteiger partial charge on any atom is -0.447 e. The molecule has 2 aliphatic carbocycles. The first-order valence-electron chi connectivity index (χ1n) is 17.8. The molecule has 2 saturated carbocycles. The summed E-state index contributed by atoms with van der Waals surface area (Å²) >= 11 is 0. The molecule has 0 aromatic rings. The van der Waals surface area contributed by atoms with E-state index < -0.39 is 64.7 Å². The van der Waals surface area contributed by atoms with E-state index in [1.807, 2.05) is 34.6 Å². The van der Waals surface area contributed by atoms with Crippen LogP contribution in [0, 0.1) is 22.7 Å². The molecule has 4 N–H and O–H groups in total. The van der Waals surface area contributed by atoms with Crippen molar-refractivity contribution in [3.05, 3.63) is 0 Å². The fourth-order valence-corrected chi connectivity index (χ4v) is 7.04. The number of aliphatic imine (C=N–C) groups is 1. The lowest BCUT2D eigenvalue weighted by Crippen LogP contribution is -2.62. The number of hydrogen-bond acceptors (Lipinski definition) is 7. The number of Topliss-reactive ketones (excluding diaryl/α,β-unsaturated/α-hetero) is 1. The second-order valence-electron chi connectivity index (χ2n) is 15.3. The normalized spacial score (nSPS) is 22.7. The Morgan fingerprint density at radius 3 is 2.17 bits per heavy atom. The van der Waals surface area contributed by atoms with E-state index in [0.717, 1.165) is 57.8 Å². The number of hydrogen-bond donors (Lipinski definition) is 4. The number of likely N-dealkylation sites (tertiary alicyclic amines) is 1. The molecule has 0 aromatic heterocycles. The van der Waals surface area contributed by atoms with Gasteiger partial charge in [0.2, 0.25) is 17.6 Å². The molecule has 1 heterocycles. The Bertz CT molecular complexity index is 1190. The first-order chi connectivity index (χ1) is 22.6. The third-order valence-corrected chi connectivity index (χ3v) is 10.6. The number of nitrogens with zero attached hydrogens (tertiary/aromatic N) is 2. The highest BCUT2D eigenvalue weighted by Gasteiger charge is 2.48. The number of nitrogens with one attached hydrogen (secondary N) is 4. The zero-order valence-corrected chi connectivity index (χ0v) is 29.8. The second kappa shape index (κ2) is 17.2. The maximum Gasteiger partial charge on any atom is 0.407 e. The molecule has 3 aliphatic rings. The first kappa shape index (κ1) is 38.9. The Morgan fingerprint density at radius 2 is 1.62 bits per heavy atom. The molecule has 0 spiro atoms. The highest BCUT2D eigenvalue weighted by Crippen LogP contribution is 2.41. The second-order valence-corrected chi connectivity index (χ2v) is 15.3. The predicted molar refractivity (Wildman–Crippen MR) is 182 cm³/mol. The van der Waals surface area contributed by atoms with Crippen molar-refractivity contribution < 1.29 is 33.5 Å². The number of carbonyl (C=O) groups is 6. The number of ketones is 1. The van der Waals surface area contributed by atoms with Gasteiger partial charge in [-0.2, -0.15) is 0 Å². The molecule has 0 radical (unpaired) electrons. The van der Waals surface area contributed by atoms with E-state index in [1.165, 1.54) is 0 Å². The number of amides is 6. The maximum atomic E-state index is 14.6. The van der Waals surface area contributed by atoms with Gasteiger partial charge in [0.1, 0.15) is 18.7 Å². The van der Waals surface area contributed by atoms with Crippen LogP contribution in [0.4, 0.5) is 9.59 Å². The third-order valence-electron chi connectivity index (χ3n) is 10.6. The molecule has 5 atom stereocenters. The van der Waals surface area contributed by atoms with E-state index in [0.29, 0.717) is 25.9 Å². The van der Waals surface area contributed by atoms with Gasteiger partial charge in [-0.05, 0) is 62.0 Å². The van der Waals surface area contributed by atoms with Crippen LogP contribution in [0.25, 0.3) is 0 Å². The van der Waals surface area contributed by atoms with Crippen LogP contribution in [0.15, 0.2) is 4.99 Å². The molecule has 3 rings (SSSR count). The highest BCUT2D eigenvalue weighted by molar-refractivity contribution is 6.39. The highest BCUT2D eigenvalue weighted by atomic mass is 16.5. The fraction of sp³-hybridized carbons (Fsp3) is 0.800. The van der Waals surface area contributed by atoms with Crippen molar-refractivity contribution in [3.8, 4) is 0 Å². The molecule has 0 bridgehead atoms. The Balaban J connectivity index is 1.85. The zero-order valence-electron chi connectivity index (χ0n) is 29.8. The Labute approximate surface area is 285 Å². The van der Waals surface area contributed by atoms with Crippen molar-refractivity contribution in [2.75, 3.05) is 19.7 Å². The minimum absolute atomic E-state index is 0.0484. The van der Waals surface area contributed by atoms with E-state index in [4.69, 9.17) is 4.74 Å². The van der Waals surface area contributed by atoms with Crippen LogP contribution in [-0.2, 0) is 23.9 Å². The Hall–Kier alpha value is -3.51. The summed E-state index contributed by atoms with van der Waals surface area (Å²) in [5.41, 5.74) is -1.03. The predicted octanol–water partition coefficient (Wildman–Crippen LogP) is 3.88. The monoisotopic (exact) mass is 674 g/mol. The molecule has 48 heavy (non-hydrogen) atoms. The molecule has 1 aliphatic heterocycles. The molecule has 0 aromatic carbocycles. The molecule has 270 valence electrons. The van der Waals surface area contributed by atoms with Gasteiger partial charge in [0.05, 0.1) is 12.1 Å². The van der Waals surface area contributed by atoms with E-state index in [2.05, 4.69) is 33.0 Å². The Morgan fingerprint density at radius 1 is 0.958 bits per heavy atom. The SMILES string of the molecule is C=NC(=O)C(=O)C(CC1CCC1)NC(=O)[C@@H]1C[C@@H](CC)CN1C(=O)C(NC(=O)NC(COC(=O)NCC)C(C)(C)C)C1(C)CCCCC1. The van der Waals surface area contributed by atoms with Crippen molar-refractivity contribution in [1.82, 2.24) is 26.2 Å². The van der Waals surface area contributed by atoms with Gasteiger partial charge < -0.3 is 30.9 Å². The van der Waals surface area contributed by atoms with E-state index in [9.17, 15) is 28.8 Å². The third kappa shape index (κ3) is 10.2. The van der Waals surface area contributed by atoms with E-state index >= 15 is 0 Å². The largest absolute Gasteiger partial charge is 0.447 e. The lowest BCUT2D eigenvalue weighted by atomic mass is 9.70. The van der Waals surface area contributed by atoms with Gasteiger partial charge in [-0.15, -0.1) is 0 Å². The molecular weight excluding hydrogens is 616 g/mol. The van der Waals surface area contributed by atoms with E-state index in [-0.39, 0.29) is 24.3 Å². The number of urea groups is 1. The zero-order chi connectivity index (χ0) is 35.6. The van der Waals surface area contributed by atoms with Crippen LogP contribution in [0.5, 0.6) is 0 Å². The number of rotatable bonds is 14. The minimum atomic E-state index is -1.04. The molecule has 3 fully saturated rings. The van der Waals surface area contributed by atoms with Gasteiger partial charge in [0, 0.05) is 13.1 Å². The summed E-state index contributed by atoms with van der Waals surface area (Å²) in [6.45, 7) is 15.4. The summed E-state index contributed by atoms with van der Waals surface area (Å²) in [6.07, 6.45) is 8.09. The molecule has 13 nitrogen and oxygen atoms in total. The van der Waals surface area contributed by atoms with Crippen molar-refractivity contribution in [1.29, 1.82) is 0 Å². The summed E-state index contributed by atoms with van der Waals surface area (Å²) in [7, 11) is 0. The van der Waals surface area contributed by atoms with Crippen LogP contribution < -0.4 is 21.3 Å². The smallest absolute Gasteiger partial charge is 0.407 e. The lowest BCUT2D eigenvalue weighted by molar-refractivity contribution is -0.144. The number of alkyl carbamates (subject to hydrolysis) is 1. The molecule has 13 heteroatoms. The summed E-state index contributed by atoms with van der Waals surface area (Å²) < 4.78 is 5.34. The lowest BCUT2D eigenvalue weighted by Gasteiger charge is -2.42. The van der Waals surface area contributed by atoms with Crippen LogP contribution in [-0.4, -0.2) is 91.1 Å². The fourth-order valence-electron chi connectivity index (χ4n) is 7.04. The van der Waals surface area contributed by atoms with Gasteiger partial charge in [-0.25, -0.2) is 14.6 Å². The molecule has 3 unspecified atom stereocenters. The van der Waals surface area contributed by atoms with Gasteiger partial charge in [0.25, 0.3) is 0 Å².